The van der Waals surface area contributed by atoms with Crippen molar-refractivity contribution in [2.75, 3.05) is 0 Å². The number of carbonyl (C=O) groups is 1. The van der Waals surface area contributed by atoms with Gasteiger partial charge < -0.3 is 10.6 Å². The number of carbonyl (C=O) groups excluding carboxylic acids is 1. The van der Waals surface area contributed by atoms with E-state index in [1.807, 2.05) is 41.8 Å². The number of nitrogens with one attached hydrogen (secondary N) is 2. The van der Waals surface area contributed by atoms with Crippen LogP contribution in [-0.2, 0) is 13.1 Å². The van der Waals surface area contributed by atoms with Crippen LogP contribution < -0.4 is 10.6 Å². The summed E-state index contributed by atoms with van der Waals surface area (Å²) in [5.41, 5.74) is 2.80. The van der Waals surface area contributed by atoms with Crippen molar-refractivity contribution in [1.29, 1.82) is 0 Å². The molecule has 0 unspecified atom stereocenters. The van der Waals surface area contributed by atoms with Gasteiger partial charge in [0.2, 0.25) is 0 Å². The van der Waals surface area contributed by atoms with E-state index in [0.717, 1.165) is 21.7 Å². The second kappa shape index (κ2) is 7.51. The zero-order chi connectivity index (χ0) is 15.9. The quantitative estimate of drug-likeness (QED) is 0.757. The van der Waals surface area contributed by atoms with Crippen LogP contribution in [0, 0.1) is 0 Å². The maximum Gasteiger partial charge on any atom is 0.315 e. The Bertz CT molecular complexity index is 759. The summed E-state index contributed by atoms with van der Waals surface area (Å²) < 4.78 is 0. The lowest BCUT2D eigenvalue weighted by Crippen LogP contribution is -2.34. The van der Waals surface area contributed by atoms with Crippen LogP contribution in [0.5, 0.6) is 0 Å². The van der Waals surface area contributed by atoms with Gasteiger partial charge in [0.25, 0.3) is 0 Å². The van der Waals surface area contributed by atoms with Crippen LogP contribution in [0.15, 0.2) is 60.4 Å². The Labute approximate surface area is 138 Å². The van der Waals surface area contributed by atoms with E-state index in [0.29, 0.717) is 13.1 Å². The molecule has 2 amide bonds. The molecule has 0 aromatic carbocycles. The van der Waals surface area contributed by atoms with E-state index in [-0.39, 0.29) is 6.03 Å². The Kier molecular flexibility index (Phi) is 4.95. The smallest absolute Gasteiger partial charge is 0.315 e. The molecule has 3 aromatic rings. The van der Waals surface area contributed by atoms with Crippen molar-refractivity contribution in [1.82, 2.24) is 20.6 Å². The summed E-state index contributed by atoms with van der Waals surface area (Å²) in [4.78, 5) is 21.5. The van der Waals surface area contributed by atoms with E-state index in [4.69, 9.17) is 0 Å². The second-order valence-electron chi connectivity index (χ2n) is 4.86. The largest absolute Gasteiger partial charge is 0.334 e. The fraction of sp³-hybridized carbons (Fsp3) is 0.118. The van der Waals surface area contributed by atoms with Gasteiger partial charge in [-0.15, -0.1) is 11.3 Å². The summed E-state index contributed by atoms with van der Waals surface area (Å²) in [6, 6.07) is 11.4. The van der Waals surface area contributed by atoms with E-state index in [2.05, 4.69) is 20.6 Å². The van der Waals surface area contributed by atoms with Gasteiger partial charge in [0, 0.05) is 35.6 Å². The number of amides is 2. The molecular formula is C17H16N4OS. The predicted octanol–water partition coefficient (Wildman–Crippen LogP) is 3.20. The minimum atomic E-state index is -0.192. The molecule has 0 aliphatic heterocycles. The van der Waals surface area contributed by atoms with E-state index in [1.54, 1.807) is 29.9 Å². The maximum absolute atomic E-state index is 11.9. The summed E-state index contributed by atoms with van der Waals surface area (Å²) >= 11 is 1.62. The van der Waals surface area contributed by atoms with Crippen LogP contribution in [0.25, 0.3) is 11.3 Å². The number of rotatable bonds is 5. The van der Waals surface area contributed by atoms with Crippen LogP contribution in [0.4, 0.5) is 4.79 Å². The lowest BCUT2D eigenvalue weighted by atomic mass is 10.1. The number of urea groups is 1. The van der Waals surface area contributed by atoms with Crippen LogP contribution in [0.2, 0.25) is 0 Å². The van der Waals surface area contributed by atoms with Gasteiger partial charge in [-0.25, -0.2) is 4.79 Å². The molecule has 5 nitrogen and oxygen atoms in total. The predicted molar refractivity (Wildman–Crippen MR) is 90.9 cm³/mol. The average molecular weight is 324 g/mol. The van der Waals surface area contributed by atoms with E-state index in [9.17, 15) is 4.79 Å². The highest BCUT2D eigenvalue weighted by Gasteiger charge is 2.07. The zero-order valence-electron chi connectivity index (χ0n) is 12.4. The maximum atomic E-state index is 11.9. The van der Waals surface area contributed by atoms with Crippen LogP contribution in [-0.4, -0.2) is 16.0 Å². The molecule has 3 aromatic heterocycles. The fourth-order valence-electron chi connectivity index (χ4n) is 2.17. The number of thiophene rings is 1. The Hall–Kier alpha value is -2.73. The molecule has 0 radical (unpaired) electrons. The van der Waals surface area contributed by atoms with Gasteiger partial charge in [0.15, 0.2) is 0 Å². The molecule has 116 valence electrons. The highest BCUT2D eigenvalue weighted by atomic mass is 32.1. The molecule has 3 heterocycles. The lowest BCUT2D eigenvalue weighted by Gasteiger charge is -2.10. The van der Waals surface area contributed by atoms with Crippen molar-refractivity contribution in [3.8, 4) is 11.3 Å². The first-order valence-corrected chi connectivity index (χ1v) is 8.09. The molecule has 0 saturated carbocycles. The lowest BCUT2D eigenvalue weighted by molar-refractivity contribution is 0.240. The molecule has 6 heteroatoms. The van der Waals surface area contributed by atoms with Crippen molar-refractivity contribution in [3.63, 3.8) is 0 Å². The Balaban J connectivity index is 1.61. The molecule has 0 aliphatic rings. The third-order valence-electron chi connectivity index (χ3n) is 3.29. The van der Waals surface area contributed by atoms with Gasteiger partial charge in [-0.2, -0.15) is 0 Å². The third kappa shape index (κ3) is 4.14. The average Bonchev–Trinajstić information content (AvgIpc) is 3.13. The minimum absolute atomic E-state index is 0.192. The van der Waals surface area contributed by atoms with Gasteiger partial charge in [-0.1, -0.05) is 12.1 Å². The molecule has 0 spiro atoms. The molecule has 0 atom stereocenters. The van der Waals surface area contributed by atoms with Gasteiger partial charge in [-0.3, -0.25) is 9.97 Å². The molecule has 0 saturated heterocycles. The molecular weight excluding hydrogens is 308 g/mol. The first-order valence-electron chi connectivity index (χ1n) is 7.21. The minimum Gasteiger partial charge on any atom is -0.334 e. The number of hydrogen-bond donors (Lipinski definition) is 2. The summed E-state index contributed by atoms with van der Waals surface area (Å²) in [5.74, 6) is 0. The van der Waals surface area contributed by atoms with Crippen molar-refractivity contribution < 1.29 is 4.79 Å². The number of nitrogens with zero attached hydrogens (tertiary/aromatic N) is 2. The molecule has 0 bridgehead atoms. The van der Waals surface area contributed by atoms with Crippen molar-refractivity contribution >= 4 is 17.4 Å². The topological polar surface area (TPSA) is 66.9 Å². The summed E-state index contributed by atoms with van der Waals surface area (Å²) in [7, 11) is 0. The molecule has 0 aliphatic carbocycles. The fourth-order valence-corrected chi connectivity index (χ4v) is 2.81. The van der Waals surface area contributed by atoms with Crippen LogP contribution >= 0.6 is 11.3 Å². The van der Waals surface area contributed by atoms with E-state index >= 15 is 0 Å². The molecule has 23 heavy (non-hydrogen) atoms. The highest BCUT2D eigenvalue weighted by molar-refractivity contribution is 7.09. The first kappa shape index (κ1) is 15.2. The summed E-state index contributed by atoms with van der Waals surface area (Å²) in [6.07, 6.45) is 5.21. The van der Waals surface area contributed by atoms with Gasteiger partial charge in [0.1, 0.15) is 0 Å². The molecule has 2 N–H and O–H groups in total. The number of hydrogen-bond acceptors (Lipinski definition) is 4. The first-order chi connectivity index (χ1) is 11.3. The van der Waals surface area contributed by atoms with Crippen LogP contribution in [0.3, 0.4) is 0 Å². The molecule has 3 rings (SSSR count). The summed E-state index contributed by atoms with van der Waals surface area (Å²) in [5, 5.41) is 7.71. The number of aromatic nitrogens is 2. The van der Waals surface area contributed by atoms with E-state index < -0.39 is 0 Å². The van der Waals surface area contributed by atoms with Crippen molar-refractivity contribution in [2.24, 2.45) is 0 Å². The van der Waals surface area contributed by atoms with Gasteiger partial charge >= 0.3 is 6.03 Å². The zero-order valence-corrected chi connectivity index (χ0v) is 13.2. The SMILES string of the molecule is O=C(NCc1cccs1)NCc1cccnc1-c1ccncc1. The molecule has 0 fully saturated rings. The van der Waals surface area contributed by atoms with Crippen LogP contribution in [0.1, 0.15) is 10.4 Å². The highest BCUT2D eigenvalue weighted by Crippen LogP contribution is 2.19. The van der Waals surface area contributed by atoms with Crippen molar-refractivity contribution in [3.05, 3.63) is 70.8 Å². The van der Waals surface area contributed by atoms with Gasteiger partial charge in [-0.05, 0) is 35.2 Å². The second-order valence-corrected chi connectivity index (χ2v) is 5.89. The standard InChI is InChI=1S/C17H16N4OS/c22-17(21-12-15-4-2-10-23-15)20-11-14-3-1-7-19-16(14)13-5-8-18-9-6-13/h1-10H,11-12H2,(H2,20,21,22). The Morgan fingerprint density at radius 2 is 1.83 bits per heavy atom. The Morgan fingerprint density at radius 1 is 1.00 bits per heavy atom. The Morgan fingerprint density at radius 3 is 2.61 bits per heavy atom. The monoisotopic (exact) mass is 324 g/mol. The summed E-state index contributed by atoms with van der Waals surface area (Å²) in [6.45, 7) is 0.954. The van der Waals surface area contributed by atoms with Gasteiger partial charge in [0.05, 0.1) is 12.2 Å². The van der Waals surface area contributed by atoms with E-state index in [1.165, 1.54) is 0 Å². The third-order valence-corrected chi connectivity index (χ3v) is 4.16. The van der Waals surface area contributed by atoms with Crippen molar-refractivity contribution in [2.45, 2.75) is 13.1 Å². The normalized spacial score (nSPS) is 10.3. The number of pyridine rings is 2.